The van der Waals surface area contributed by atoms with Gasteiger partial charge in [0.1, 0.15) is 0 Å². The van der Waals surface area contributed by atoms with E-state index in [-0.39, 0.29) is 33.7 Å². The predicted octanol–water partition coefficient (Wildman–Crippen LogP) is 21.6. The van der Waals surface area contributed by atoms with Gasteiger partial charge in [0.25, 0.3) is 0 Å². The van der Waals surface area contributed by atoms with Crippen molar-refractivity contribution in [3.8, 4) is 33.4 Å². The number of carbonyl (C=O) groups is 1. The van der Waals surface area contributed by atoms with Gasteiger partial charge in [-0.2, -0.15) is 49.5 Å². The molecule has 11 nitrogen and oxygen atoms in total. The number of carboxylic acids is 1. The van der Waals surface area contributed by atoms with E-state index >= 15 is 0 Å². The minimum atomic E-state index is -4.38. The fourth-order valence-electron chi connectivity index (χ4n) is 8.91. The predicted molar refractivity (Wildman–Crippen MR) is 351 cm³/mol. The van der Waals surface area contributed by atoms with Crippen LogP contribution in [0.2, 0.25) is 54.4 Å². The minimum absolute atomic E-state index is 0.00104. The Labute approximate surface area is 542 Å². The SMILES string of the molecule is CC(C)(C)[Si](C)(C)OC(CC(=O)O)c1cccc(-c2ccc(C(F)(F)F)cc2)c1.Cc1noc(CC(O[Si](C)(C)C(C)(C)C)c2cccc(-c3ccc(C(F)(F)F)cc3)c2)n1.Cc1noc(CC(O[Si](C)(C)C(C)(C)C)c2cccc(-c3ccc(C(F)(F)F)cc3)c2)n1. The minimum Gasteiger partial charge on any atom is -0.481 e. The van der Waals surface area contributed by atoms with Gasteiger partial charge in [0.15, 0.2) is 36.6 Å². The molecule has 0 radical (unpaired) electrons. The Bertz CT molecular complexity index is 3560. The summed E-state index contributed by atoms with van der Waals surface area (Å²) in [5, 5.41) is 17.0. The van der Waals surface area contributed by atoms with Gasteiger partial charge in [-0.3, -0.25) is 4.79 Å². The van der Waals surface area contributed by atoms with E-state index in [2.05, 4.69) is 122 Å². The molecule has 0 aliphatic carbocycles. The molecule has 6 aromatic carbocycles. The Morgan fingerprint density at radius 1 is 0.419 bits per heavy atom. The molecule has 0 bridgehead atoms. The summed E-state index contributed by atoms with van der Waals surface area (Å²) in [6.07, 6.45) is -13.7. The van der Waals surface area contributed by atoms with Gasteiger partial charge in [0.2, 0.25) is 11.8 Å². The van der Waals surface area contributed by atoms with E-state index in [1.807, 2.05) is 48.5 Å². The quantitative estimate of drug-likeness (QED) is 0.0648. The first-order valence-corrected chi connectivity index (χ1v) is 39.1. The summed E-state index contributed by atoms with van der Waals surface area (Å²) < 4.78 is 146. The van der Waals surface area contributed by atoms with Gasteiger partial charge < -0.3 is 27.4 Å². The molecule has 502 valence electrons. The van der Waals surface area contributed by atoms with Crippen LogP contribution in [0.3, 0.4) is 0 Å². The number of aliphatic carboxylic acids is 1. The second-order valence-corrected chi connectivity index (χ2v) is 41.9. The molecular weight excluding hydrogens is 1260 g/mol. The molecule has 3 atom stereocenters. The third kappa shape index (κ3) is 21.0. The van der Waals surface area contributed by atoms with Gasteiger partial charge in [0, 0.05) is 0 Å². The maximum absolute atomic E-state index is 12.9. The number of aromatic nitrogens is 4. The molecule has 0 saturated heterocycles. The summed E-state index contributed by atoms with van der Waals surface area (Å²) in [5.41, 5.74) is 4.91. The summed E-state index contributed by atoms with van der Waals surface area (Å²) in [6, 6.07) is 37.9. The van der Waals surface area contributed by atoms with Crippen molar-refractivity contribution in [2.45, 2.75) is 187 Å². The first-order valence-electron chi connectivity index (χ1n) is 30.4. The summed E-state index contributed by atoms with van der Waals surface area (Å²) >= 11 is 0. The first kappa shape index (κ1) is 75.0. The molecule has 2 heterocycles. The van der Waals surface area contributed by atoms with E-state index in [9.17, 15) is 49.4 Å². The number of alkyl halides is 9. The fourth-order valence-corrected chi connectivity index (χ4v) is 12.8. The lowest BCUT2D eigenvalue weighted by atomic mass is 9.98. The lowest BCUT2D eigenvalue weighted by molar-refractivity contribution is -0.139. The maximum atomic E-state index is 12.9. The van der Waals surface area contributed by atoms with Gasteiger partial charge in [-0.15, -0.1) is 0 Å². The van der Waals surface area contributed by atoms with Crippen LogP contribution in [0.25, 0.3) is 33.4 Å². The lowest BCUT2D eigenvalue weighted by Gasteiger charge is -2.39. The van der Waals surface area contributed by atoms with E-state index in [0.717, 1.165) is 58.7 Å². The van der Waals surface area contributed by atoms with Gasteiger partial charge in [-0.25, -0.2) is 0 Å². The molecule has 93 heavy (non-hydrogen) atoms. The van der Waals surface area contributed by atoms with Crippen molar-refractivity contribution in [1.82, 2.24) is 20.3 Å². The number of benzene rings is 6. The molecule has 2 aromatic heterocycles. The van der Waals surface area contributed by atoms with Crippen molar-refractivity contribution in [3.05, 3.63) is 202 Å². The molecule has 0 spiro atoms. The number of halogens is 9. The average Bonchev–Trinajstić information content (AvgIpc) is 1.38. The summed E-state index contributed by atoms with van der Waals surface area (Å²) in [6.45, 7) is 35.6. The number of aryl methyl sites for hydroxylation is 2. The van der Waals surface area contributed by atoms with Crippen molar-refractivity contribution in [1.29, 1.82) is 0 Å². The van der Waals surface area contributed by atoms with Crippen LogP contribution in [-0.4, -0.2) is 56.3 Å². The Morgan fingerprint density at radius 2 is 0.677 bits per heavy atom. The number of carboxylic acid groups (broad SMARTS) is 1. The van der Waals surface area contributed by atoms with Crippen LogP contribution in [-0.2, 0) is 49.4 Å². The zero-order valence-corrected chi connectivity index (χ0v) is 58.8. The fraction of sp³-hybridized carbons (Fsp3) is 0.414. The van der Waals surface area contributed by atoms with E-state index in [4.69, 9.17) is 22.3 Å². The van der Waals surface area contributed by atoms with Crippen LogP contribution in [0.4, 0.5) is 39.5 Å². The molecule has 0 fully saturated rings. The van der Waals surface area contributed by atoms with Gasteiger partial charge in [0.05, 0.1) is 54.3 Å². The Kier molecular flexibility index (Phi) is 23.6. The van der Waals surface area contributed by atoms with Crippen LogP contribution in [0, 0.1) is 13.8 Å². The maximum Gasteiger partial charge on any atom is 0.416 e. The first-order chi connectivity index (χ1) is 42.7. The second kappa shape index (κ2) is 29.3. The Hall–Kier alpha value is -7.03. The molecule has 0 amide bonds. The monoisotopic (exact) mass is 1350 g/mol. The summed E-state index contributed by atoms with van der Waals surface area (Å²) in [5.74, 6) is 1.14. The highest BCUT2D eigenvalue weighted by Crippen LogP contribution is 2.45. The second-order valence-electron chi connectivity index (χ2n) is 27.7. The normalized spacial score (nSPS) is 13.9. The topological polar surface area (TPSA) is 143 Å². The van der Waals surface area contributed by atoms with Crippen molar-refractivity contribution < 1.29 is 71.7 Å². The average molecular weight is 1350 g/mol. The van der Waals surface area contributed by atoms with E-state index in [1.165, 1.54) is 36.4 Å². The van der Waals surface area contributed by atoms with Crippen LogP contribution < -0.4 is 0 Å². The van der Waals surface area contributed by atoms with Crippen LogP contribution in [0.15, 0.2) is 155 Å². The molecule has 23 heteroatoms. The highest BCUT2D eigenvalue weighted by molar-refractivity contribution is 6.75. The number of hydrogen-bond acceptors (Lipinski definition) is 10. The molecule has 8 aromatic rings. The zero-order chi connectivity index (χ0) is 69.5. The van der Waals surface area contributed by atoms with E-state index in [0.29, 0.717) is 64.1 Å². The van der Waals surface area contributed by atoms with Crippen molar-refractivity contribution in [3.63, 3.8) is 0 Å². The molecule has 3 unspecified atom stereocenters. The molecular formula is C70H85F9N4O7Si3. The third-order valence-corrected chi connectivity index (χ3v) is 30.8. The van der Waals surface area contributed by atoms with Crippen LogP contribution in [0.5, 0.6) is 0 Å². The van der Waals surface area contributed by atoms with Gasteiger partial charge >= 0.3 is 24.5 Å². The van der Waals surface area contributed by atoms with Crippen molar-refractivity contribution >= 4 is 30.9 Å². The number of nitrogens with zero attached hydrogens (tertiary/aromatic N) is 4. The zero-order valence-electron chi connectivity index (χ0n) is 55.8. The standard InChI is InChI=1S/2C24H29F3N2O2Si.C22H27F3O3Si/c2*1-16-28-22(30-29-16)15-21(31-32(5,6)23(2,3)4)19-9-7-8-18(14-19)17-10-12-20(13-11-17)24(25,26)27;1-21(2,3)29(4,5)28-19(14-20(26)27)17-8-6-7-16(13-17)15-9-11-18(12-10-15)22(23,24)25/h2*7-14,21H,15H2,1-6H3;6-13,19H,14H2,1-5H3,(H,26,27). The lowest BCUT2D eigenvalue weighted by Crippen LogP contribution is -2.42. The highest BCUT2D eigenvalue weighted by Gasteiger charge is 2.43. The number of hydrogen-bond donors (Lipinski definition) is 1. The van der Waals surface area contributed by atoms with Crippen LogP contribution in [0.1, 0.15) is 144 Å². The van der Waals surface area contributed by atoms with Gasteiger partial charge in [-0.05, 0) is 173 Å². The van der Waals surface area contributed by atoms with Gasteiger partial charge in [-0.1, -0.05) is 164 Å². The molecule has 0 aliphatic heterocycles. The molecule has 8 rings (SSSR count). The van der Waals surface area contributed by atoms with E-state index < -0.39 is 72.2 Å². The van der Waals surface area contributed by atoms with Crippen molar-refractivity contribution in [2.24, 2.45) is 0 Å². The molecule has 1 N–H and O–H groups in total. The Morgan fingerprint density at radius 3 is 0.903 bits per heavy atom. The summed E-state index contributed by atoms with van der Waals surface area (Å²) in [7, 11) is -6.51. The highest BCUT2D eigenvalue weighted by atomic mass is 28.4. The molecule has 0 aliphatic rings. The summed E-state index contributed by atoms with van der Waals surface area (Å²) in [4.78, 5) is 20.1. The number of rotatable bonds is 18. The largest absolute Gasteiger partial charge is 0.481 e. The Balaban J connectivity index is 0.000000222. The van der Waals surface area contributed by atoms with Crippen molar-refractivity contribution in [2.75, 3.05) is 0 Å². The van der Waals surface area contributed by atoms with E-state index in [1.54, 1.807) is 38.1 Å². The third-order valence-electron chi connectivity index (χ3n) is 17.4. The van der Waals surface area contributed by atoms with Crippen LogP contribution >= 0.6 is 0 Å². The smallest absolute Gasteiger partial charge is 0.416 e. The molecule has 0 saturated carbocycles.